The van der Waals surface area contributed by atoms with Gasteiger partial charge in [0.1, 0.15) is 5.75 Å². The van der Waals surface area contributed by atoms with E-state index in [4.69, 9.17) is 33.7 Å². The van der Waals surface area contributed by atoms with E-state index < -0.39 is 0 Å². The molecule has 0 aromatic heterocycles. The maximum atomic E-state index is 6.26. The summed E-state index contributed by atoms with van der Waals surface area (Å²) in [5.74, 6) is 0.711. The number of ether oxygens (including phenoxy) is 1. The average molecular weight is 296 g/mol. The molecule has 0 aliphatic heterocycles. The number of rotatable bonds is 3. The van der Waals surface area contributed by atoms with Gasteiger partial charge < -0.3 is 10.5 Å². The first-order chi connectivity index (χ1) is 9.01. The van der Waals surface area contributed by atoms with Gasteiger partial charge in [0.15, 0.2) is 0 Å². The van der Waals surface area contributed by atoms with E-state index >= 15 is 0 Å². The summed E-state index contributed by atoms with van der Waals surface area (Å²) in [6.45, 7) is 1.98. The van der Waals surface area contributed by atoms with Gasteiger partial charge in [-0.15, -0.1) is 0 Å². The summed E-state index contributed by atoms with van der Waals surface area (Å²) in [4.78, 5) is 0. The Labute approximate surface area is 123 Å². The summed E-state index contributed by atoms with van der Waals surface area (Å²) in [5.41, 5.74) is 9.13. The molecule has 2 aromatic rings. The molecule has 0 amide bonds. The van der Waals surface area contributed by atoms with Crippen LogP contribution in [0.2, 0.25) is 10.0 Å². The van der Waals surface area contributed by atoms with E-state index in [1.807, 2.05) is 37.3 Å². The molecule has 0 fully saturated rings. The van der Waals surface area contributed by atoms with Gasteiger partial charge in [0.25, 0.3) is 0 Å². The van der Waals surface area contributed by atoms with Crippen molar-refractivity contribution in [1.29, 1.82) is 0 Å². The van der Waals surface area contributed by atoms with Gasteiger partial charge in [-0.2, -0.15) is 0 Å². The first-order valence-electron chi connectivity index (χ1n) is 5.87. The normalized spacial score (nSPS) is 12.3. The van der Waals surface area contributed by atoms with Crippen LogP contribution in [0, 0.1) is 6.92 Å². The second-order valence-electron chi connectivity index (χ2n) is 4.43. The summed E-state index contributed by atoms with van der Waals surface area (Å²) < 4.78 is 5.13. The third-order valence-corrected chi connectivity index (χ3v) is 3.51. The molecule has 1 atom stereocenters. The Kier molecular flexibility index (Phi) is 4.35. The minimum atomic E-state index is -0.309. The summed E-state index contributed by atoms with van der Waals surface area (Å²) in [6, 6.07) is 10.9. The van der Waals surface area contributed by atoms with Crippen molar-refractivity contribution in [1.82, 2.24) is 0 Å². The maximum absolute atomic E-state index is 6.26. The van der Waals surface area contributed by atoms with Crippen LogP contribution in [0.25, 0.3) is 0 Å². The molecule has 2 rings (SSSR count). The zero-order chi connectivity index (χ0) is 14.0. The van der Waals surface area contributed by atoms with Gasteiger partial charge in [0.05, 0.1) is 13.2 Å². The Balaban J connectivity index is 2.40. The standard InChI is InChI=1S/C15H15Cl2NO/c1-9-5-10(7-11(16)6-9)15(18)13-4-3-12(19-2)8-14(13)17/h3-8,15H,18H2,1-2H3. The number of hydrogen-bond donors (Lipinski definition) is 1. The average Bonchev–Trinajstić information content (AvgIpc) is 2.36. The SMILES string of the molecule is COc1ccc(C(N)c2cc(C)cc(Cl)c2)c(Cl)c1. The van der Waals surface area contributed by atoms with E-state index in [1.165, 1.54) is 0 Å². The molecule has 0 spiro atoms. The van der Waals surface area contributed by atoms with Crippen molar-refractivity contribution in [3.8, 4) is 5.75 Å². The van der Waals surface area contributed by atoms with Crippen LogP contribution in [0.4, 0.5) is 0 Å². The van der Waals surface area contributed by atoms with Crippen molar-refractivity contribution in [2.45, 2.75) is 13.0 Å². The van der Waals surface area contributed by atoms with Crippen molar-refractivity contribution in [3.05, 3.63) is 63.1 Å². The van der Waals surface area contributed by atoms with Gasteiger partial charge in [0.2, 0.25) is 0 Å². The van der Waals surface area contributed by atoms with Gasteiger partial charge in [-0.05, 0) is 47.9 Å². The van der Waals surface area contributed by atoms with Crippen molar-refractivity contribution in [2.24, 2.45) is 5.73 Å². The molecule has 100 valence electrons. The second-order valence-corrected chi connectivity index (χ2v) is 5.27. The van der Waals surface area contributed by atoms with E-state index in [9.17, 15) is 0 Å². The third kappa shape index (κ3) is 3.21. The molecule has 0 saturated heterocycles. The lowest BCUT2D eigenvalue weighted by molar-refractivity contribution is 0.414. The van der Waals surface area contributed by atoms with E-state index in [0.717, 1.165) is 16.7 Å². The van der Waals surface area contributed by atoms with Crippen LogP contribution >= 0.6 is 23.2 Å². The fraction of sp³-hybridized carbons (Fsp3) is 0.200. The van der Waals surface area contributed by atoms with Crippen LogP contribution in [-0.2, 0) is 0 Å². The first kappa shape index (κ1) is 14.2. The van der Waals surface area contributed by atoms with Crippen molar-refractivity contribution >= 4 is 23.2 Å². The second kappa shape index (κ2) is 5.83. The number of aryl methyl sites for hydroxylation is 1. The molecule has 19 heavy (non-hydrogen) atoms. The number of halogens is 2. The van der Waals surface area contributed by atoms with Crippen molar-refractivity contribution in [3.63, 3.8) is 0 Å². The number of benzene rings is 2. The van der Waals surface area contributed by atoms with Gasteiger partial charge in [-0.1, -0.05) is 35.3 Å². The molecule has 0 heterocycles. The Morgan fingerprint density at radius 2 is 1.84 bits per heavy atom. The van der Waals surface area contributed by atoms with Crippen molar-refractivity contribution in [2.75, 3.05) is 7.11 Å². The highest BCUT2D eigenvalue weighted by Crippen LogP contribution is 2.31. The lowest BCUT2D eigenvalue weighted by atomic mass is 9.98. The number of methoxy groups -OCH3 is 1. The molecule has 0 bridgehead atoms. The maximum Gasteiger partial charge on any atom is 0.120 e. The van der Waals surface area contributed by atoms with Gasteiger partial charge in [0, 0.05) is 10.0 Å². The smallest absolute Gasteiger partial charge is 0.120 e. The zero-order valence-corrected chi connectivity index (χ0v) is 12.3. The van der Waals surface area contributed by atoms with Crippen LogP contribution in [0.1, 0.15) is 22.7 Å². The third-order valence-electron chi connectivity index (χ3n) is 2.97. The molecule has 1 unspecified atom stereocenters. The minimum Gasteiger partial charge on any atom is -0.497 e. The van der Waals surface area contributed by atoms with Gasteiger partial charge in [-0.3, -0.25) is 0 Å². The molecular weight excluding hydrogens is 281 g/mol. The Morgan fingerprint density at radius 3 is 2.42 bits per heavy atom. The number of hydrogen-bond acceptors (Lipinski definition) is 2. The zero-order valence-electron chi connectivity index (χ0n) is 10.8. The summed E-state index contributed by atoms with van der Waals surface area (Å²) in [7, 11) is 1.60. The summed E-state index contributed by atoms with van der Waals surface area (Å²) >= 11 is 12.3. The molecular formula is C15H15Cl2NO. The first-order valence-corrected chi connectivity index (χ1v) is 6.63. The largest absolute Gasteiger partial charge is 0.497 e. The summed E-state index contributed by atoms with van der Waals surface area (Å²) in [6.07, 6.45) is 0. The van der Waals surface area contributed by atoms with Crippen LogP contribution in [0.3, 0.4) is 0 Å². The molecule has 0 saturated carbocycles. The van der Waals surface area contributed by atoms with Crippen molar-refractivity contribution < 1.29 is 4.74 Å². The molecule has 2 N–H and O–H groups in total. The highest BCUT2D eigenvalue weighted by Gasteiger charge is 2.14. The summed E-state index contributed by atoms with van der Waals surface area (Å²) in [5, 5.41) is 1.26. The predicted octanol–water partition coefficient (Wildman–Crippen LogP) is 4.36. The van der Waals surface area contributed by atoms with E-state index in [2.05, 4.69) is 0 Å². The molecule has 0 aliphatic carbocycles. The molecule has 2 nitrogen and oxygen atoms in total. The van der Waals surface area contributed by atoms with Crippen LogP contribution in [-0.4, -0.2) is 7.11 Å². The molecule has 0 radical (unpaired) electrons. The van der Waals surface area contributed by atoms with E-state index in [0.29, 0.717) is 15.8 Å². The van der Waals surface area contributed by atoms with Crippen LogP contribution < -0.4 is 10.5 Å². The van der Waals surface area contributed by atoms with Crippen LogP contribution in [0.15, 0.2) is 36.4 Å². The molecule has 0 aliphatic rings. The van der Waals surface area contributed by atoms with Gasteiger partial charge in [-0.25, -0.2) is 0 Å². The highest BCUT2D eigenvalue weighted by molar-refractivity contribution is 6.31. The Hall–Kier alpha value is -1.22. The lowest BCUT2D eigenvalue weighted by Gasteiger charge is -2.16. The molecule has 4 heteroatoms. The monoisotopic (exact) mass is 295 g/mol. The fourth-order valence-corrected chi connectivity index (χ4v) is 2.60. The molecule has 2 aromatic carbocycles. The predicted molar refractivity (Wildman–Crippen MR) is 80.2 cm³/mol. The fourth-order valence-electron chi connectivity index (χ4n) is 2.01. The quantitative estimate of drug-likeness (QED) is 0.913. The highest BCUT2D eigenvalue weighted by atomic mass is 35.5. The Bertz CT molecular complexity index is 578. The van der Waals surface area contributed by atoms with E-state index in [1.54, 1.807) is 13.2 Å². The Morgan fingerprint density at radius 1 is 1.11 bits per heavy atom. The van der Waals surface area contributed by atoms with Crippen LogP contribution in [0.5, 0.6) is 5.75 Å². The van der Waals surface area contributed by atoms with Gasteiger partial charge >= 0.3 is 0 Å². The number of nitrogens with two attached hydrogens (primary N) is 1. The lowest BCUT2D eigenvalue weighted by Crippen LogP contribution is -2.12. The van der Waals surface area contributed by atoms with E-state index in [-0.39, 0.29) is 6.04 Å². The topological polar surface area (TPSA) is 35.2 Å². The minimum absolute atomic E-state index is 0.309.